The fourth-order valence-corrected chi connectivity index (χ4v) is 2.25. The Morgan fingerprint density at radius 3 is 2.91 bits per heavy atom. The van der Waals surface area contributed by atoms with Gasteiger partial charge in [-0.15, -0.1) is 0 Å². The van der Waals surface area contributed by atoms with Gasteiger partial charge in [-0.05, 0) is 45.8 Å². The van der Waals surface area contributed by atoms with Gasteiger partial charge in [-0.1, -0.05) is 24.8 Å². The van der Waals surface area contributed by atoms with Crippen LogP contribution >= 0.6 is 15.9 Å². The van der Waals surface area contributed by atoms with E-state index >= 15 is 0 Å². The molecule has 1 heterocycles. The zero-order valence-electron chi connectivity index (χ0n) is 12.4. The van der Waals surface area contributed by atoms with Crippen molar-refractivity contribution in [2.75, 3.05) is 6.61 Å². The number of esters is 1. The minimum absolute atomic E-state index is 0.202. The molecule has 0 bridgehead atoms. The van der Waals surface area contributed by atoms with Gasteiger partial charge in [-0.25, -0.2) is 4.79 Å². The summed E-state index contributed by atoms with van der Waals surface area (Å²) >= 11 is 3.47. The Kier molecular flexibility index (Phi) is 6.56. The number of ether oxygens (including phenoxy) is 2. The fourth-order valence-electron chi connectivity index (χ4n) is 1.74. The molecular formula is C18H16BrNO3. The van der Waals surface area contributed by atoms with Gasteiger partial charge in [-0.2, -0.15) is 0 Å². The van der Waals surface area contributed by atoms with E-state index < -0.39 is 5.97 Å². The predicted molar refractivity (Wildman–Crippen MR) is 92.9 cm³/mol. The van der Waals surface area contributed by atoms with E-state index in [0.717, 1.165) is 21.3 Å². The molecule has 0 aliphatic heterocycles. The summed E-state index contributed by atoms with van der Waals surface area (Å²) in [4.78, 5) is 15.4. The average Bonchev–Trinajstić information content (AvgIpc) is 2.58. The first-order valence-electron chi connectivity index (χ1n) is 6.96. The molecule has 0 saturated carbocycles. The van der Waals surface area contributed by atoms with E-state index in [4.69, 9.17) is 9.47 Å². The average molecular weight is 374 g/mol. The molecule has 0 unspecified atom stereocenters. The lowest BCUT2D eigenvalue weighted by molar-refractivity contribution is -0.136. The smallest absolute Gasteiger partial charge is 0.331 e. The SMILES string of the molecule is C=CCOC(=O)/C=C/c1ccc(OCc2cccnc2)c(Br)c1. The predicted octanol–water partition coefficient (Wildman–Crippen LogP) is 4.17. The van der Waals surface area contributed by atoms with Crippen molar-refractivity contribution < 1.29 is 14.3 Å². The molecule has 1 aromatic heterocycles. The largest absolute Gasteiger partial charge is 0.488 e. The van der Waals surface area contributed by atoms with Gasteiger partial charge < -0.3 is 9.47 Å². The zero-order chi connectivity index (χ0) is 16.5. The van der Waals surface area contributed by atoms with E-state index in [1.807, 2.05) is 30.3 Å². The Morgan fingerprint density at radius 1 is 1.35 bits per heavy atom. The molecule has 4 nitrogen and oxygen atoms in total. The van der Waals surface area contributed by atoms with Gasteiger partial charge in [0.05, 0.1) is 4.47 Å². The highest BCUT2D eigenvalue weighted by Crippen LogP contribution is 2.27. The van der Waals surface area contributed by atoms with E-state index in [-0.39, 0.29) is 6.61 Å². The van der Waals surface area contributed by atoms with Crippen LogP contribution in [0.1, 0.15) is 11.1 Å². The summed E-state index contributed by atoms with van der Waals surface area (Å²) in [5.41, 5.74) is 1.86. The van der Waals surface area contributed by atoms with Crippen LogP contribution in [0, 0.1) is 0 Å². The van der Waals surface area contributed by atoms with E-state index in [1.54, 1.807) is 18.5 Å². The van der Waals surface area contributed by atoms with Gasteiger partial charge in [0.1, 0.15) is 19.0 Å². The van der Waals surface area contributed by atoms with Gasteiger partial charge in [0, 0.05) is 24.0 Å². The second-order valence-electron chi connectivity index (χ2n) is 4.59. The maximum absolute atomic E-state index is 11.4. The number of carbonyl (C=O) groups is 1. The first-order valence-corrected chi connectivity index (χ1v) is 7.75. The molecule has 0 amide bonds. The van der Waals surface area contributed by atoms with Gasteiger partial charge in [0.15, 0.2) is 0 Å². The van der Waals surface area contributed by atoms with Crippen LogP contribution in [0.4, 0.5) is 0 Å². The van der Waals surface area contributed by atoms with Crippen molar-refractivity contribution in [3.63, 3.8) is 0 Å². The second kappa shape index (κ2) is 8.90. The van der Waals surface area contributed by atoms with Crippen LogP contribution in [-0.2, 0) is 16.1 Å². The first kappa shape index (κ1) is 17.0. The third-order valence-corrected chi connectivity index (χ3v) is 3.45. The third-order valence-electron chi connectivity index (χ3n) is 2.83. The molecule has 0 aliphatic carbocycles. The number of hydrogen-bond donors (Lipinski definition) is 0. The van der Waals surface area contributed by atoms with E-state index in [9.17, 15) is 4.79 Å². The Balaban J connectivity index is 1.96. The van der Waals surface area contributed by atoms with Crippen molar-refractivity contribution in [1.82, 2.24) is 4.98 Å². The summed E-state index contributed by atoms with van der Waals surface area (Å²) in [5.74, 6) is 0.318. The van der Waals surface area contributed by atoms with Crippen LogP contribution in [0.3, 0.4) is 0 Å². The van der Waals surface area contributed by atoms with Crippen LogP contribution in [0.5, 0.6) is 5.75 Å². The number of pyridine rings is 1. The van der Waals surface area contributed by atoms with Gasteiger partial charge >= 0.3 is 5.97 Å². The maximum atomic E-state index is 11.4. The summed E-state index contributed by atoms with van der Waals surface area (Å²) in [5, 5.41) is 0. The Bertz CT molecular complexity index is 699. The molecule has 0 spiro atoms. The number of nitrogens with zero attached hydrogens (tertiary/aromatic N) is 1. The quantitative estimate of drug-likeness (QED) is 0.415. The monoisotopic (exact) mass is 373 g/mol. The van der Waals surface area contributed by atoms with Crippen molar-refractivity contribution in [3.05, 3.63) is 77.1 Å². The van der Waals surface area contributed by atoms with Crippen LogP contribution < -0.4 is 4.74 Å². The Hall–Kier alpha value is -2.40. The standard InChI is InChI=1S/C18H16BrNO3/c1-2-10-22-18(21)8-6-14-5-7-17(16(19)11-14)23-13-15-4-3-9-20-12-15/h2-9,11-12H,1,10,13H2/b8-6+. The molecule has 0 saturated heterocycles. The van der Waals surface area contributed by atoms with Gasteiger partial charge in [0.25, 0.3) is 0 Å². The molecule has 118 valence electrons. The number of hydrogen-bond acceptors (Lipinski definition) is 4. The summed E-state index contributed by atoms with van der Waals surface area (Å²) in [6.07, 6.45) is 8.07. The topological polar surface area (TPSA) is 48.4 Å². The zero-order valence-corrected chi connectivity index (χ0v) is 14.0. The summed E-state index contributed by atoms with van der Waals surface area (Å²) in [6, 6.07) is 9.39. The fraction of sp³-hybridized carbons (Fsp3) is 0.111. The van der Waals surface area contributed by atoms with Crippen LogP contribution in [0.15, 0.2) is 65.9 Å². The number of aromatic nitrogens is 1. The molecular weight excluding hydrogens is 358 g/mol. The minimum Gasteiger partial charge on any atom is -0.488 e. The summed E-state index contributed by atoms with van der Waals surface area (Å²) in [6.45, 7) is 4.13. The number of rotatable bonds is 7. The van der Waals surface area contributed by atoms with Gasteiger partial charge in [0.2, 0.25) is 0 Å². The van der Waals surface area contributed by atoms with Crippen molar-refractivity contribution in [3.8, 4) is 5.75 Å². The summed E-state index contributed by atoms with van der Waals surface area (Å²) < 4.78 is 11.4. The van der Waals surface area contributed by atoms with E-state index in [1.165, 1.54) is 12.2 Å². The lowest BCUT2D eigenvalue weighted by atomic mass is 10.2. The third kappa shape index (κ3) is 5.71. The normalized spacial score (nSPS) is 10.5. The van der Waals surface area contributed by atoms with Crippen LogP contribution in [-0.4, -0.2) is 17.6 Å². The molecule has 0 atom stereocenters. The van der Waals surface area contributed by atoms with E-state index in [2.05, 4.69) is 27.5 Å². The molecule has 1 aromatic carbocycles. The second-order valence-corrected chi connectivity index (χ2v) is 5.45. The molecule has 0 radical (unpaired) electrons. The number of halogens is 1. The highest BCUT2D eigenvalue weighted by Gasteiger charge is 2.03. The molecule has 0 N–H and O–H groups in total. The van der Waals surface area contributed by atoms with E-state index in [0.29, 0.717) is 6.61 Å². The van der Waals surface area contributed by atoms with Crippen LogP contribution in [0.2, 0.25) is 0 Å². The van der Waals surface area contributed by atoms with Crippen molar-refractivity contribution in [2.24, 2.45) is 0 Å². The van der Waals surface area contributed by atoms with Crippen molar-refractivity contribution >= 4 is 28.0 Å². The first-order chi connectivity index (χ1) is 11.2. The molecule has 23 heavy (non-hydrogen) atoms. The number of benzene rings is 1. The summed E-state index contributed by atoms with van der Waals surface area (Å²) in [7, 11) is 0. The minimum atomic E-state index is -0.405. The van der Waals surface area contributed by atoms with Crippen molar-refractivity contribution in [1.29, 1.82) is 0 Å². The Labute approximate surface area is 143 Å². The van der Waals surface area contributed by atoms with Gasteiger partial charge in [-0.3, -0.25) is 4.98 Å². The molecule has 0 aliphatic rings. The molecule has 5 heteroatoms. The molecule has 0 fully saturated rings. The lowest BCUT2D eigenvalue weighted by Crippen LogP contribution is -1.99. The Morgan fingerprint density at radius 2 is 2.22 bits per heavy atom. The number of carbonyl (C=O) groups excluding carboxylic acids is 1. The molecule has 2 rings (SSSR count). The lowest BCUT2D eigenvalue weighted by Gasteiger charge is -2.08. The molecule has 2 aromatic rings. The highest BCUT2D eigenvalue weighted by molar-refractivity contribution is 9.10. The maximum Gasteiger partial charge on any atom is 0.331 e. The highest BCUT2D eigenvalue weighted by atomic mass is 79.9. The van der Waals surface area contributed by atoms with Crippen molar-refractivity contribution in [2.45, 2.75) is 6.61 Å². The van der Waals surface area contributed by atoms with Crippen LogP contribution in [0.25, 0.3) is 6.08 Å².